The molecule has 0 saturated carbocycles. The van der Waals surface area contributed by atoms with Crippen molar-refractivity contribution in [2.45, 2.75) is 16.8 Å². The summed E-state index contributed by atoms with van der Waals surface area (Å²) in [5.74, 6) is -0.423. The second-order valence-electron chi connectivity index (χ2n) is 4.12. The summed E-state index contributed by atoms with van der Waals surface area (Å²) < 4.78 is 42.2. The highest BCUT2D eigenvalue weighted by Gasteiger charge is 2.31. The Morgan fingerprint density at radius 3 is 2.60 bits per heavy atom. The van der Waals surface area contributed by atoms with Gasteiger partial charge in [-0.2, -0.15) is 13.2 Å². The monoisotopic (exact) mass is 307 g/mol. The van der Waals surface area contributed by atoms with Crippen LogP contribution < -0.4 is 0 Å². The second kappa shape index (κ2) is 7.54. The molecule has 0 unspecified atom stereocenters. The Morgan fingerprint density at radius 1 is 1.35 bits per heavy atom. The minimum atomic E-state index is -4.41. The third-order valence-corrected chi connectivity index (χ3v) is 3.34. The number of thioether (sulfide) groups is 1. The molecule has 0 heterocycles. The molecule has 0 N–H and O–H groups in total. The van der Waals surface area contributed by atoms with Crippen LogP contribution in [0.2, 0.25) is 0 Å². The molecule has 1 rings (SSSR count). The van der Waals surface area contributed by atoms with Crippen molar-refractivity contribution in [1.82, 2.24) is 4.90 Å². The van der Waals surface area contributed by atoms with Gasteiger partial charge < -0.3 is 9.64 Å². The van der Waals surface area contributed by atoms with E-state index in [1.54, 1.807) is 20.2 Å². The van der Waals surface area contributed by atoms with Gasteiger partial charge in [-0.3, -0.25) is 4.79 Å². The van der Waals surface area contributed by atoms with Crippen molar-refractivity contribution in [3.05, 3.63) is 29.8 Å². The van der Waals surface area contributed by atoms with Crippen molar-refractivity contribution < 1.29 is 22.7 Å². The van der Waals surface area contributed by atoms with E-state index in [1.807, 2.05) is 0 Å². The lowest BCUT2D eigenvalue weighted by atomic mass is 10.2. The first-order valence-corrected chi connectivity index (χ1v) is 6.76. The summed E-state index contributed by atoms with van der Waals surface area (Å²) >= 11 is -0.271. The van der Waals surface area contributed by atoms with Crippen LogP contribution in [0.4, 0.5) is 13.2 Å². The van der Waals surface area contributed by atoms with Crippen molar-refractivity contribution in [3.8, 4) is 0 Å². The number of carbonyl (C=O) groups is 1. The number of rotatable bonds is 6. The summed E-state index contributed by atoms with van der Waals surface area (Å²) in [6.45, 7) is 0.925. The Kier molecular flexibility index (Phi) is 6.35. The number of alkyl halides is 3. The predicted molar refractivity (Wildman–Crippen MR) is 71.8 cm³/mol. The quantitative estimate of drug-likeness (QED) is 0.596. The number of halogens is 3. The van der Waals surface area contributed by atoms with Crippen molar-refractivity contribution in [3.63, 3.8) is 0 Å². The summed E-state index contributed by atoms with van der Waals surface area (Å²) in [5, 5.41) is 0. The van der Waals surface area contributed by atoms with Crippen molar-refractivity contribution in [2.75, 3.05) is 27.3 Å². The molecule has 1 amide bonds. The van der Waals surface area contributed by atoms with Gasteiger partial charge in [0.05, 0.1) is 5.56 Å². The van der Waals surface area contributed by atoms with Crippen LogP contribution in [-0.2, 0) is 4.74 Å². The number of methoxy groups -OCH3 is 1. The van der Waals surface area contributed by atoms with E-state index in [1.165, 1.54) is 23.1 Å². The molecular formula is C13H16F3NO2S. The normalized spacial score (nSPS) is 11.4. The van der Waals surface area contributed by atoms with Crippen LogP contribution in [-0.4, -0.2) is 43.6 Å². The minimum absolute atomic E-state index is 0.0646. The molecule has 112 valence electrons. The highest BCUT2D eigenvalue weighted by Crippen LogP contribution is 2.38. The lowest BCUT2D eigenvalue weighted by molar-refractivity contribution is -0.0328. The SMILES string of the molecule is COCCCN(C)C(=O)c1ccccc1SC(F)(F)F. The molecule has 0 fully saturated rings. The lowest BCUT2D eigenvalue weighted by Gasteiger charge is -2.19. The molecule has 0 aliphatic rings. The fourth-order valence-electron chi connectivity index (χ4n) is 1.61. The average molecular weight is 307 g/mol. The van der Waals surface area contributed by atoms with Gasteiger partial charge in [-0.1, -0.05) is 12.1 Å². The van der Waals surface area contributed by atoms with E-state index in [9.17, 15) is 18.0 Å². The van der Waals surface area contributed by atoms with Gasteiger partial charge in [-0.05, 0) is 30.3 Å². The fraction of sp³-hybridized carbons (Fsp3) is 0.462. The van der Waals surface area contributed by atoms with E-state index in [0.717, 1.165) is 0 Å². The minimum Gasteiger partial charge on any atom is -0.385 e. The van der Waals surface area contributed by atoms with Gasteiger partial charge in [0.15, 0.2) is 0 Å². The van der Waals surface area contributed by atoms with E-state index in [0.29, 0.717) is 19.6 Å². The van der Waals surface area contributed by atoms with Crippen LogP contribution in [0.15, 0.2) is 29.2 Å². The number of hydrogen-bond acceptors (Lipinski definition) is 3. The molecule has 0 atom stereocenters. The van der Waals surface area contributed by atoms with E-state index < -0.39 is 11.4 Å². The summed E-state index contributed by atoms with van der Waals surface area (Å²) in [7, 11) is 3.12. The Hall–Kier alpha value is -1.21. The molecule has 0 aromatic heterocycles. The Labute approximate surface area is 120 Å². The number of carbonyl (C=O) groups excluding carboxylic acids is 1. The number of hydrogen-bond donors (Lipinski definition) is 0. The average Bonchev–Trinajstić information content (AvgIpc) is 2.37. The summed E-state index contributed by atoms with van der Waals surface area (Å²) in [5.41, 5.74) is -4.35. The molecule has 3 nitrogen and oxygen atoms in total. The first kappa shape index (κ1) is 16.8. The van der Waals surface area contributed by atoms with E-state index in [-0.39, 0.29) is 22.2 Å². The molecule has 0 bridgehead atoms. The van der Waals surface area contributed by atoms with Gasteiger partial charge in [0.1, 0.15) is 0 Å². The van der Waals surface area contributed by atoms with Crippen LogP contribution >= 0.6 is 11.8 Å². The Balaban J connectivity index is 2.82. The van der Waals surface area contributed by atoms with E-state index in [2.05, 4.69) is 0 Å². The van der Waals surface area contributed by atoms with Crippen molar-refractivity contribution in [2.24, 2.45) is 0 Å². The van der Waals surface area contributed by atoms with Gasteiger partial charge in [-0.15, -0.1) is 0 Å². The molecule has 7 heteroatoms. The summed E-state index contributed by atoms with van der Waals surface area (Å²) in [6, 6.07) is 5.74. The van der Waals surface area contributed by atoms with Crippen molar-refractivity contribution in [1.29, 1.82) is 0 Å². The molecule has 0 saturated heterocycles. The van der Waals surface area contributed by atoms with Crippen LogP contribution in [0.25, 0.3) is 0 Å². The Bertz CT molecular complexity index is 451. The van der Waals surface area contributed by atoms with Gasteiger partial charge in [-0.25, -0.2) is 0 Å². The zero-order valence-electron chi connectivity index (χ0n) is 11.2. The zero-order valence-corrected chi connectivity index (χ0v) is 12.1. The Morgan fingerprint density at radius 2 is 2.00 bits per heavy atom. The molecule has 1 aromatic rings. The predicted octanol–water partition coefficient (Wildman–Crippen LogP) is 3.41. The highest BCUT2D eigenvalue weighted by atomic mass is 32.2. The lowest BCUT2D eigenvalue weighted by Crippen LogP contribution is -2.29. The number of amides is 1. The largest absolute Gasteiger partial charge is 0.446 e. The first-order chi connectivity index (χ1) is 9.35. The third kappa shape index (κ3) is 5.42. The molecule has 0 aliphatic carbocycles. The van der Waals surface area contributed by atoms with Crippen molar-refractivity contribution >= 4 is 17.7 Å². The van der Waals surface area contributed by atoms with Gasteiger partial charge in [0, 0.05) is 32.2 Å². The molecule has 0 aliphatic heterocycles. The van der Waals surface area contributed by atoms with E-state index >= 15 is 0 Å². The topological polar surface area (TPSA) is 29.5 Å². The smallest absolute Gasteiger partial charge is 0.385 e. The molecule has 20 heavy (non-hydrogen) atoms. The maximum atomic E-state index is 12.5. The number of nitrogens with zero attached hydrogens (tertiary/aromatic N) is 1. The second-order valence-corrected chi connectivity index (χ2v) is 5.22. The summed E-state index contributed by atoms with van der Waals surface area (Å²) in [4.78, 5) is 13.5. The molecule has 0 radical (unpaired) electrons. The fourth-order valence-corrected chi connectivity index (χ4v) is 2.27. The summed E-state index contributed by atoms with van der Waals surface area (Å²) in [6.07, 6.45) is 0.632. The molecule has 0 spiro atoms. The van der Waals surface area contributed by atoms with Crippen LogP contribution in [0.3, 0.4) is 0 Å². The molecular weight excluding hydrogens is 291 g/mol. The van der Waals surface area contributed by atoms with Gasteiger partial charge in [0.25, 0.3) is 5.91 Å². The third-order valence-electron chi connectivity index (χ3n) is 2.53. The van der Waals surface area contributed by atoms with Gasteiger partial charge >= 0.3 is 5.51 Å². The zero-order chi connectivity index (χ0) is 15.2. The highest BCUT2D eigenvalue weighted by molar-refractivity contribution is 8.00. The van der Waals surface area contributed by atoms with Crippen LogP contribution in [0.5, 0.6) is 0 Å². The maximum absolute atomic E-state index is 12.5. The van der Waals surface area contributed by atoms with Gasteiger partial charge in [0.2, 0.25) is 0 Å². The maximum Gasteiger partial charge on any atom is 0.446 e. The van der Waals surface area contributed by atoms with E-state index in [4.69, 9.17) is 4.74 Å². The number of ether oxygens (including phenoxy) is 1. The standard InChI is InChI=1S/C13H16F3NO2S/c1-17(8-5-9-19-2)12(18)10-6-3-4-7-11(10)20-13(14,15)16/h3-4,6-7H,5,8-9H2,1-2H3. The van der Waals surface area contributed by atoms with Crippen LogP contribution in [0, 0.1) is 0 Å². The molecule has 1 aromatic carbocycles. The first-order valence-electron chi connectivity index (χ1n) is 5.94. The van der Waals surface area contributed by atoms with Crippen LogP contribution in [0.1, 0.15) is 16.8 Å². The number of benzene rings is 1.